The number of benzene rings is 1. The Bertz CT molecular complexity index is 427. The average molecular weight is 293 g/mol. The maximum atomic E-state index is 5.88. The van der Waals surface area contributed by atoms with Crippen molar-refractivity contribution in [3.8, 4) is 0 Å². The van der Waals surface area contributed by atoms with E-state index in [2.05, 4.69) is 42.4 Å². The van der Waals surface area contributed by atoms with Gasteiger partial charge in [0.05, 0.1) is 13.2 Å². The molecule has 5 heteroatoms. The topological polar surface area (TPSA) is 68.9 Å². The summed E-state index contributed by atoms with van der Waals surface area (Å²) in [6.45, 7) is 6.87. The summed E-state index contributed by atoms with van der Waals surface area (Å²) in [6.07, 6.45) is 1.94. The Morgan fingerprint density at radius 1 is 1.10 bits per heavy atom. The van der Waals surface area contributed by atoms with Crippen LogP contribution >= 0.6 is 0 Å². The lowest BCUT2D eigenvalue weighted by atomic mass is 10.1. The third-order valence-corrected chi connectivity index (χ3v) is 2.90. The van der Waals surface area contributed by atoms with Gasteiger partial charge in [-0.05, 0) is 49.9 Å². The zero-order chi connectivity index (χ0) is 15.5. The number of nitrogens with zero attached hydrogens (tertiary/aromatic N) is 1. The zero-order valence-corrected chi connectivity index (χ0v) is 13.3. The van der Waals surface area contributed by atoms with Gasteiger partial charge in [-0.3, -0.25) is 4.99 Å². The van der Waals surface area contributed by atoms with E-state index in [1.807, 2.05) is 0 Å². The largest absolute Gasteiger partial charge is 0.382 e. The van der Waals surface area contributed by atoms with E-state index in [0.717, 1.165) is 25.1 Å². The summed E-state index contributed by atoms with van der Waals surface area (Å²) in [4.78, 5) is 4.32. The first kappa shape index (κ1) is 17.5. The summed E-state index contributed by atoms with van der Waals surface area (Å²) in [5.41, 5.74) is 9.27. The van der Waals surface area contributed by atoms with Crippen molar-refractivity contribution < 1.29 is 9.47 Å². The molecule has 0 radical (unpaired) electrons. The van der Waals surface area contributed by atoms with Crippen molar-refractivity contribution in [2.75, 3.05) is 38.8 Å². The minimum absolute atomic E-state index is 0.459. The Kier molecular flexibility index (Phi) is 8.47. The van der Waals surface area contributed by atoms with Crippen LogP contribution in [0.5, 0.6) is 0 Å². The highest BCUT2D eigenvalue weighted by Gasteiger charge is 1.97. The fourth-order valence-electron chi connectivity index (χ4n) is 1.99. The predicted molar refractivity (Wildman–Crippen MR) is 88.0 cm³/mol. The van der Waals surface area contributed by atoms with Crippen LogP contribution in [0.25, 0.3) is 0 Å². The molecular weight excluding hydrogens is 266 g/mol. The highest BCUT2D eigenvalue weighted by molar-refractivity contribution is 5.92. The number of nitrogens with one attached hydrogen (secondary N) is 1. The summed E-state index contributed by atoms with van der Waals surface area (Å²) in [7, 11) is 1.67. The Labute approximate surface area is 127 Å². The number of aliphatic imine (C=N–C) groups is 1. The molecule has 0 amide bonds. The van der Waals surface area contributed by atoms with Gasteiger partial charge < -0.3 is 20.5 Å². The molecule has 1 aromatic rings. The van der Waals surface area contributed by atoms with Gasteiger partial charge in [0, 0.05) is 25.9 Å². The highest BCUT2D eigenvalue weighted by Crippen LogP contribution is 2.13. The molecule has 0 aliphatic heterocycles. The smallest absolute Gasteiger partial charge is 0.193 e. The standard InChI is InChI=1S/C16H27N3O2/c1-13-10-14(2)12-15(11-13)19-16(17)18-6-4-5-7-21-9-8-20-3/h10-12H,4-9H2,1-3H3,(H3,17,18,19). The molecule has 0 spiro atoms. The molecule has 0 aliphatic carbocycles. The number of hydrogen-bond acceptors (Lipinski definition) is 3. The number of anilines is 1. The average Bonchev–Trinajstić information content (AvgIpc) is 2.40. The van der Waals surface area contributed by atoms with Crippen LogP contribution in [0.15, 0.2) is 23.2 Å². The lowest BCUT2D eigenvalue weighted by molar-refractivity contribution is 0.0690. The SMILES string of the molecule is COCCOCCCCN=C(N)Nc1cc(C)cc(C)c1. The van der Waals surface area contributed by atoms with Crippen LogP contribution in [0.4, 0.5) is 5.69 Å². The first-order chi connectivity index (χ1) is 10.1. The molecule has 5 nitrogen and oxygen atoms in total. The third kappa shape index (κ3) is 8.32. The summed E-state index contributed by atoms with van der Waals surface area (Å²) in [6, 6.07) is 6.24. The molecule has 0 aromatic heterocycles. The quantitative estimate of drug-likeness (QED) is 0.417. The molecule has 0 saturated heterocycles. The van der Waals surface area contributed by atoms with Crippen molar-refractivity contribution in [1.82, 2.24) is 0 Å². The Hall–Kier alpha value is -1.59. The first-order valence-electron chi connectivity index (χ1n) is 7.33. The summed E-state index contributed by atoms with van der Waals surface area (Å²) < 4.78 is 10.3. The second kappa shape index (κ2) is 10.2. The molecule has 0 atom stereocenters. The highest BCUT2D eigenvalue weighted by atomic mass is 16.5. The van der Waals surface area contributed by atoms with Crippen molar-refractivity contribution in [2.24, 2.45) is 10.7 Å². The fraction of sp³-hybridized carbons (Fsp3) is 0.562. The van der Waals surface area contributed by atoms with Gasteiger partial charge in [0.25, 0.3) is 0 Å². The molecule has 0 unspecified atom stereocenters. The Morgan fingerprint density at radius 3 is 2.48 bits per heavy atom. The number of aryl methyl sites for hydroxylation is 2. The van der Waals surface area contributed by atoms with Crippen molar-refractivity contribution in [3.63, 3.8) is 0 Å². The Balaban J connectivity index is 2.21. The summed E-state index contributed by atoms with van der Waals surface area (Å²) in [5.74, 6) is 0.459. The molecule has 1 aromatic carbocycles. The molecular formula is C16H27N3O2. The van der Waals surface area contributed by atoms with Gasteiger partial charge in [-0.2, -0.15) is 0 Å². The molecule has 0 bridgehead atoms. The fourth-order valence-corrected chi connectivity index (χ4v) is 1.99. The van der Waals surface area contributed by atoms with E-state index in [1.54, 1.807) is 7.11 Å². The number of methoxy groups -OCH3 is 1. The van der Waals surface area contributed by atoms with Crippen molar-refractivity contribution in [2.45, 2.75) is 26.7 Å². The molecule has 3 N–H and O–H groups in total. The number of nitrogens with two attached hydrogens (primary N) is 1. The van der Waals surface area contributed by atoms with Crippen LogP contribution in [-0.2, 0) is 9.47 Å². The number of rotatable bonds is 9. The minimum Gasteiger partial charge on any atom is -0.382 e. The molecule has 0 saturated carbocycles. The van der Waals surface area contributed by atoms with E-state index in [-0.39, 0.29) is 0 Å². The van der Waals surface area contributed by atoms with Crippen LogP contribution in [-0.4, -0.2) is 39.4 Å². The summed E-state index contributed by atoms with van der Waals surface area (Å²) >= 11 is 0. The van der Waals surface area contributed by atoms with Crippen molar-refractivity contribution >= 4 is 11.6 Å². The lowest BCUT2D eigenvalue weighted by Gasteiger charge is -2.08. The van der Waals surface area contributed by atoms with Crippen molar-refractivity contribution in [1.29, 1.82) is 0 Å². The van der Waals surface area contributed by atoms with Crippen LogP contribution in [0.3, 0.4) is 0 Å². The molecule has 1 rings (SSSR count). The number of unbranched alkanes of at least 4 members (excludes halogenated alkanes) is 1. The molecule has 0 heterocycles. The molecule has 21 heavy (non-hydrogen) atoms. The molecule has 0 fully saturated rings. The summed E-state index contributed by atoms with van der Waals surface area (Å²) in [5, 5.41) is 3.12. The lowest BCUT2D eigenvalue weighted by Crippen LogP contribution is -2.23. The van der Waals surface area contributed by atoms with Crippen molar-refractivity contribution in [3.05, 3.63) is 29.3 Å². The third-order valence-electron chi connectivity index (χ3n) is 2.90. The van der Waals surface area contributed by atoms with E-state index in [4.69, 9.17) is 15.2 Å². The molecule has 0 aliphatic rings. The van der Waals surface area contributed by atoms with Gasteiger partial charge >= 0.3 is 0 Å². The van der Waals surface area contributed by atoms with Gasteiger partial charge in [0.15, 0.2) is 5.96 Å². The Morgan fingerprint density at radius 2 is 1.81 bits per heavy atom. The van der Waals surface area contributed by atoms with Gasteiger partial charge in [-0.25, -0.2) is 0 Å². The van der Waals surface area contributed by atoms with E-state index < -0.39 is 0 Å². The second-order valence-electron chi connectivity index (χ2n) is 5.08. The van der Waals surface area contributed by atoms with Gasteiger partial charge in [0.1, 0.15) is 0 Å². The van der Waals surface area contributed by atoms with Crippen LogP contribution in [0.1, 0.15) is 24.0 Å². The minimum atomic E-state index is 0.459. The normalized spacial score (nSPS) is 11.7. The predicted octanol–water partition coefficient (Wildman–Crippen LogP) is 2.47. The van der Waals surface area contributed by atoms with Gasteiger partial charge in [-0.1, -0.05) is 6.07 Å². The van der Waals surface area contributed by atoms with E-state index in [1.165, 1.54) is 11.1 Å². The van der Waals surface area contributed by atoms with E-state index in [9.17, 15) is 0 Å². The maximum absolute atomic E-state index is 5.88. The second-order valence-corrected chi connectivity index (χ2v) is 5.08. The van der Waals surface area contributed by atoms with Crippen LogP contribution in [0.2, 0.25) is 0 Å². The van der Waals surface area contributed by atoms with Gasteiger partial charge in [-0.15, -0.1) is 0 Å². The molecule has 118 valence electrons. The first-order valence-corrected chi connectivity index (χ1v) is 7.33. The number of hydrogen-bond donors (Lipinski definition) is 2. The monoisotopic (exact) mass is 293 g/mol. The van der Waals surface area contributed by atoms with Gasteiger partial charge in [0.2, 0.25) is 0 Å². The number of ether oxygens (including phenoxy) is 2. The van der Waals surface area contributed by atoms with E-state index in [0.29, 0.717) is 25.7 Å². The van der Waals surface area contributed by atoms with Crippen LogP contribution in [0, 0.1) is 13.8 Å². The van der Waals surface area contributed by atoms with E-state index >= 15 is 0 Å². The number of guanidine groups is 1. The zero-order valence-electron chi connectivity index (χ0n) is 13.3. The van der Waals surface area contributed by atoms with Crippen LogP contribution < -0.4 is 11.1 Å². The maximum Gasteiger partial charge on any atom is 0.193 e.